The van der Waals surface area contributed by atoms with Gasteiger partial charge in [-0.15, -0.1) is 0 Å². The number of amides is 2. The second kappa shape index (κ2) is 6.17. The second-order valence-electron chi connectivity index (χ2n) is 7.21. The topological polar surface area (TPSA) is 61.6 Å². The highest BCUT2D eigenvalue weighted by molar-refractivity contribution is 5.89. The lowest BCUT2D eigenvalue weighted by Gasteiger charge is -2.29. The molecule has 0 radical (unpaired) electrons. The summed E-state index contributed by atoms with van der Waals surface area (Å²) < 4.78 is 43.4. The van der Waals surface area contributed by atoms with Crippen molar-refractivity contribution in [2.45, 2.75) is 37.8 Å². The zero-order valence-corrected chi connectivity index (χ0v) is 14.7. The average molecular weight is 380 g/mol. The van der Waals surface area contributed by atoms with Gasteiger partial charge in [0, 0.05) is 24.6 Å². The van der Waals surface area contributed by atoms with Gasteiger partial charge in [0.2, 0.25) is 5.88 Å². The molecule has 2 aromatic rings. The number of hydrogen-bond donors (Lipinski definition) is 1. The monoisotopic (exact) mass is 380 g/mol. The Kier molecular flexibility index (Phi) is 4.05. The molecular weight excluding hydrogens is 361 g/mol. The van der Waals surface area contributed by atoms with Gasteiger partial charge in [-0.25, -0.2) is 9.80 Å². The molecule has 2 aliphatic rings. The first-order valence-electron chi connectivity index (χ1n) is 8.77. The Labute approximate surface area is 153 Å². The summed E-state index contributed by atoms with van der Waals surface area (Å²) in [5.41, 5.74) is 0.661. The van der Waals surface area contributed by atoms with Crippen molar-refractivity contribution in [3.05, 3.63) is 41.6 Å². The minimum absolute atomic E-state index is 0.0341. The minimum atomic E-state index is -4.39. The molecule has 0 bridgehead atoms. The standard InChI is InChI=1S/C18H19F3N4O2/c1-17(7-8-17)14-11-15(27-23-14)22-16(26)25-10-2-9-24(25)13-5-3-12(4-6-13)18(19,20)21/h3-6,11H,2,7-10H2,1H3,(H,22,26). The van der Waals surface area contributed by atoms with Crippen LogP contribution < -0.4 is 10.3 Å². The molecule has 1 saturated heterocycles. The quantitative estimate of drug-likeness (QED) is 0.857. The number of carbonyl (C=O) groups is 1. The van der Waals surface area contributed by atoms with Crippen LogP contribution in [0.4, 0.5) is 29.5 Å². The number of nitrogens with one attached hydrogen (secondary N) is 1. The highest BCUT2D eigenvalue weighted by Crippen LogP contribution is 2.47. The van der Waals surface area contributed by atoms with Crippen molar-refractivity contribution >= 4 is 17.6 Å². The van der Waals surface area contributed by atoms with Crippen LogP contribution in [0.5, 0.6) is 0 Å². The predicted molar refractivity (Wildman–Crippen MR) is 92.2 cm³/mol. The highest BCUT2D eigenvalue weighted by atomic mass is 19.4. The molecule has 1 aromatic carbocycles. The van der Waals surface area contributed by atoms with Crippen LogP contribution in [-0.2, 0) is 11.6 Å². The van der Waals surface area contributed by atoms with Gasteiger partial charge in [-0.2, -0.15) is 13.2 Å². The third-order valence-electron chi connectivity index (χ3n) is 5.12. The van der Waals surface area contributed by atoms with Crippen molar-refractivity contribution in [1.29, 1.82) is 0 Å². The summed E-state index contributed by atoms with van der Waals surface area (Å²) in [5, 5.41) is 9.81. The fraction of sp³-hybridized carbons (Fsp3) is 0.444. The van der Waals surface area contributed by atoms with E-state index in [1.807, 2.05) is 0 Å². The number of rotatable bonds is 3. The van der Waals surface area contributed by atoms with Crippen LogP contribution in [0.1, 0.15) is 37.4 Å². The zero-order chi connectivity index (χ0) is 19.2. The Morgan fingerprint density at radius 2 is 1.93 bits per heavy atom. The largest absolute Gasteiger partial charge is 0.416 e. The van der Waals surface area contributed by atoms with Crippen molar-refractivity contribution in [1.82, 2.24) is 10.2 Å². The van der Waals surface area contributed by atoms with Gasteiger partial charge in [0.25, 0.3) is 0 Å². The van der Waals surface area contributed by atoms with Crippen LogP contribution in [0.25, 0.3) is 0 Å². The lowest BCUT2D eigenvalue weighted by Crippen LogP contribution is -2.43. The molecule has 1 saturated carbocycles. The minimum Gasteiger partial charge on any atom is -0.338 e. The molecule has 2 fully saturated rings. The number of benzene rings is 1. The van der Waals surface area contributed by atoms with E-state index in [0.717, 1.165) is 30.7 Å². The molecule has 1 aromatic heterocycles. The number of halogens is 3. The number of anilines is 2. The van der Waals surface area contributed by atoms with Crippen molar-refractivity contribution < 1.29 is 22.5 Å². The van der Waals surface area contributed by atoms with Gasteiger partial charge in [-0.3, -0.25) is 10.3 Å². The summed E-state index contributed by atoms with van der Waals surface area (Å²) in [5.74, 6) is 0.266. The number of hydrogen-bond acceptors (Lipinski definition) is 4. The molecule has 2 heterocycles. The molecule has 1 N–H and O–H groups in total. The Bertz CT molecular complexity index is 843. The van der Waals surface area contributed by atoms with E-state index in [1.165, 1.54) is 17.1 Å². The summed E-state index contributed by atoms with van der Waals surface area (Å²) in [7, 11) is 0. The highest BCUT2D eigenvalue weighted by Gasteiger charge is 2.42. The molecule has 1 aliphatic heterocycles. The van der Waals surface area contributed by atoms with Crippen molar-refractivity contribution in [3.8, 4) is 0 Å². The Morgan fingerprint density at radius 3 is 2.56 bits per heavy atom. The van der Waals surface area contributed by atoms with Gasteiger partial charge in [-0.05, 0) is 43.5 Å². The van der Waals surface area contributed by atoms with Crippen molar-refractivity contribution in [2.24, 2.45) is 0 Å². The van der Waals surface area contributed by atoms with Gasteiger partial charge >= 0.3 is 12.2 Å². The number of aromatic nitrogens is 1. The third kappa shape index (κ3) is 3.45. The normalized spacial score (nSPS) is 18.7. The van der Waals surface area contributed by atoms with Gasteiger partial charge in [0.1, 0.15) is 0 Å². The molecule has 27 heavy (non-hydrogen) atoms. The van der Waals surface area contributed by atoms with Crippen LogP contribution in [0.15, 0.2) is 34.9 Å². The predicted octanol–water partition coefficient (Wildman–Crippen LogP) is 4.40. The maximum absolute atomic E-state index is 12.7. The number of hydrazine groups is 1. The first kappa shape index (κ1) is 17.7. The van der Waals surface area contributed by atoms with Gasteiger partial charge in [0.05, 0.1) is 16.9 Å². The van der Waals surface area contributed by atoms with Gasteiger partial charge < -0.3 is 4.52 Å². The lowest BCUT2D eigenvalue weighted by atomic mass is 10.1. The molecule has 144 valence electrons. The van der Waals surface area contributed by atoms with E-state index >= 15 is 0 Å². The number of carbonyl (C=O) groups excluding carboxylic acids is 1. The summed E-state index contributed by atoms with van der Waals surface area (Å²) in [6, 6.07) is 6.09. The van der Waals surface area contributed by atoms with E-state index in [0.29, 0.717) is 25.2 Å². The molecule has 1 aliphatic carbocycles. The van der Waals surface area contributed by atoms with E-state index in [2.05, 4.69) is 17.4 Å². The first-order chi connectivity index (χ1) is 12.8. The van der Waals surface area contributed by atoms with Crippen LogP contribution in [0, 0.1) is 0 Å². The molecule has 2 amide bonds. The summed E-state index contributed by atoms with van der Waals surface area (Å²) in [6.45, 7) is 3.09. The zero-order valence-electron chi connectivity index (χ0n) is 14.7. The maximum Gasteiger partial charge on any atom is 0.416 e. The fourth-order valence-electron chi connectivity index (χ4n) is 3.15. The molecule has 6 nitrogen and oxygen atoms in total. The number of nitrogens with zero attached hydrogens (tertiary/aromatic N) is 3. The Morgan fingerprint density at radius 1 is 1.22 bits per heavy atom. The summed E-state index contributed by atoms with van der Waals surface area (Å²) >= 11 is 0. The molecule has 0 atom stereocenters. The smallest absolute Gasteiger partial charge is 0.338 e. The average Bonchev–Trinajstić information content (AvgIpc) is 3.05. The van der Waals surface area contributed by atoms with E-state index in [9.17, 15) is 18.0 Å². The Hall–Kier alpha value is -2.71. The van der Waals surface area contributed by atoms with Crippen molar-refractivity contribution in [2.75, 3.05) is 23.4 Å². The van der Waals surface area contributed by atoms with Crippen LogP contribution in [0.3, 0.4) is 0 Å². The van der Waals surface area contributed by atoms with Crippen LogP contribution in [-0.4, -0.2) is 29.3 Å². The fourth-order valence-corrected chi connectivity index (χ4v) is 3.15. The maximum atomic E-state index is 12.7. The molecule has 9 heteroatoms. The molecule has 4 rings (SSSR count). The Balaban J connectivity index is 1.46. The molecule has 0 spiro atoms. The van der Waals surface area contributed by atoms with E-state index in [1.54, 1.807) is 11.1 Å². The van der Waals surface area contributed by atoms with Crippen molar-refractivity contribution in [3.63, 3.8) is 0 Å². The summed E-state index contributed by atoms with van der Waals surface area (Å²) in [4.78, 5) is 12.6. The van der Waals surface area contributed by atoms with Crippen LogP contribution in [0.2, 0.25) is 0 Å². The molecule has 0 unspecified atom stereocenters. The summed E-state index contributed by atoms with van der Waals surface area (Å²) in [6.07, 6.45) is -1.58. The van der Waals surface area contributed by atoms with E-state index in [-0.39, 0.29) is 11.3 Å². The first-order valence-corrected chi connectivity index (χ1v) is 8.77. The van der Waals surface area contributed by atoms with Gasteiger partial charge in [0.15, 0.2) is 0 Å². The third-order valence-corrected chi connectivity index (χ3v) is 5.12. The molecular formula is C18H19F3N4O2. The van der Waals surface area contributed by atoms with E-state index < -0.39 is 17.8 Å². The second-order valence-corrected chi connectivity index (χ2v) is 7.21. The van der Waals surface area contributed by atoms with E-state index in [4.69, 9.17) is 4.52 Å². The SMILES string of the molecule is CC1(c2cc(NC(=O)N3CCCN3c3ccc(C(F)(F)F)cc3)on2)CC1. The number of alkyl halides is 3. The lowest BCUT2D eigenvalue weighted by molar-refractivity contribution is -0.137. The van der Waals surface area contributed by atoms with Crippen LogP contribution >= 0.6 is 0 Å². The number of urea groups is 1. The van der Waals surface area contributed by atoms with Gasteiger partial charge in [-0.1, -0.05) is 12.1 Å².